The molecule has 2 N–H and O–H groups in total. The summed E-state index contributed by atoms with van der Waals surface area (Å²) in [7, 11) is 0. The number of carbonyl (C=O) groups is 1. The van der Waals surface area contributed by atoms with E-state index < -0.39 is 0 Å². The molecule has 0 radical (unpaired) electrons. The Labute approximate surface area is 112 Å². The van der Waals surface area contributed by atoms with Crippen LogP contribution in [0, 0.1) is 0 Å². The Kier molecular flexibility index (Phi) is 7.50. The summed E-state index contributed by atoms with van der Waals surface area (Å²) in [5, 5.41) is 6.01. The van der Waals surface area contributed by atoms with Crippen molar-refractivity contribution in [1.29, 1.82) is 0 Å². The first-order chi connectivity index (χ1) is 8.22. The molecule has 0 aromatic rings. The molecule has 1 heterocycles. The van der Waals surface area contributed by atoms with Crippen molar-refractivity contribution in [1.82, 2.24) is 15.5 Å². The first kappa shape index (κ1) is 14.7. The van der Waals surface area contributed by atoms with Gasteiger partial charge in [-0.2, -0.15) is 0 Å². The lowest BCUT2D eigenvalue weighted by Gasteiger charge is -2.27. The van der Waals surface area contributed by atoms with E-state index in [-0.39, 0.29) is 5.30 Å². The Morgan fingerprint density at radius 1 is 1.53 bits per heavy atom. The highest BCUT2D eigenvalue weighted by Crippen LogP contribution is 2.06. The zero-order valence-corrected chi connectivity index (χ0v) is 11.7. The van der Waals surface area contributed by atoms with Crippen molar-refractivity contribution in [3.05, 3.63) is 0 Å². The lowest BCUT2D eigenvalue weighted by atomic mass is 10.3. The third kappa shape index (κ3) is 6.82. The molecule has 1 fully saturated rings. The van der Waals surface area contributed by atoms with Gasteiger partial charge in [-0.05, 0) is 6.92 Å². The van der Waals surface area contributed by atoms with Crippen LogP contribution in [-0.4, -0.2) is 60.4 Å². The molecule has 5 nitrogen and oxygen atoms in total. The van der Waals surface area contributed by atoms with Crippen LogP contribution in [0.1, 0.15) is 6.92 Å². The first-order valence-electron chi connectivity index (χ1n) is 5.78. The van der Waals surface area contributed by atoms with Crippen molar-refractivity contribution in [2.45, 2.75) is 6.92 Å². The normalized spacial score (nSPS) is 16.5. The van der Waals surface area contributed by atoms with Gasteiger partial charge in [-0.15, -0.1) is 0 Å². The molecule has 0 saturated carbocycles. The maximum Gasteiger partial charge on any atom is 0.374 e. The van der Waals surface area contributed by atoms with Crippen molar-refractivity contribution >= 4 is 33.6 Å². The molecule has 1 aliphatic heterocycles. The summed E-state index contributed by atoms with van der Waals surface area (Å²) in [5.74, 6) is 0. The smallest absolute Gasteiger partial charge is 0.374 e. The summed E-state index contributed by atoms with van der Waals surface area (Å²) in [5.41, 5.74) is 0. The summed E-state index contributed by atoms with van der Waals surface area (Å²) in [6.45, 7) is 8.11. The first-order valence-corrected chi connectivity index (χ1v) is 7.00. The molecule has 0 atom stereocenters. The molecule has 17 heavy (non-hydrogen) atoms. The minimum absolute atomic E-state index is 0.341. The average Bonchev–Trinajstić information content (AvgIpc) is 2.30. The van der Waals surface area contributed by atoms with Crippen molar-refractivity contribution < 1.29 is 9.53 Å². The van der Waals surface area contributed by atoms with E-state index in [1.54, 1.807) is 6.92 Å². The largest absolute Gasteiger partial charge is 0.458 e. The van der Waals surface area contributed by atoms with Gasteiger partial charge in [0.1, 0.15) is 4.32 Å². The molecule has 1 rings (SSSR count). The highest BCUT2D eigenvalue weighted by Gasteiger charge is 2.10. The van der Waals surface area contributed by atoms with Gasteiger partial charge in [0.2, 0.25) is 0 Å². The number of thioether (sulfide) groups is 1. The molecule has 0 spiro atoms. The molecule has 7 heteroatoms. The van der Waals surface area contributed by atoms with Gasteiger partial charge in [-0.1, -0.05) is 12.2 Å². The fourth-order valence-corrected chi connectivity index (χ4v) is 2.32. The molecular weight excluding hydrogens is 258 g/mol. The second kappa shape index (κ2) is 8.68. The molecule has 98 valence electrons. The number of hydrogen-bond acceptors (Lipinski definition) is 6. The molecule has 1 saturated heterocycles. The van der Waals surface area contributed by atoms with E-state index in [1.165, 1.54) is 0 Å². The number of thiocarbonyl (C=S) groups is 1. The van der Waals surface area contributed by atoms with E-state index in [2.05, 4.69) is 15.5 Å². The van der Waals surface area contributed by atoms with Gasteiger partial charge in [0.05, 0.1) is 6.61 Å². The number of nitrogens with one attached hydrogen (secondary N) is 2. The van der Waals surface area contributed by atoms with Crippen molar-refractivity contribution in [2.75, 3.05) is 45.9 Å². The summed E-state index contributed by atoms with van der Waals surface area (Å²) in [6, 6.07) is 0. The Bertz CT molecular complexity index is 258. The summed E-state index contributed by atoms with van der Waals surface area (Å²) in [4.78, 5) is 13.5. The zero-order chi connectivity index (χ0) is 12.5. The van der Waals surface area contributed by atoms with Crippen LogP contribution in [-0.2, 0) is 4.74 Å². The third-order valence-electron chi connectivity index (χ3n) is 2.35. The van der Waals surface area contributed by atoms with Crippen LogP contribution in [0.3, 0.4) is 0 Å². The maximum absolute atomic E-state index is 11.1. The second-order valence-electron chi connectivity index (χ2n) is 3.59. The fourth-order valence-electron chi connectivity index (χ4n) is 1.51. The lowest BCUT2D eigenvalue weighted by Crippen LogP contribution is -2.46. The lowest BCUT2D eigenvalue weighted by molar-refractivity contribution is 0.182. The Balaban J connectivity index is 2.05. The van der Waals surface area contributed by atoms with Gasteiger partial charge >= 0.3 is 5.30 Å². The van der Waals surface area contributed by atoms with Gasteiger partial charge in [-0.25, -0.2) is 4.79 Å². The Morgan fingerprint density at radius 3 is 2.88 bits per heavy atom. The fraction of sp³-hybridized carbons (Fsp3) is 0.800. The molecule has 0 aromatic carbocycles. The number of nitrogens with zero attached hydrogens (tertiary/aromatic N) is 1. The minimum Gasteiger partial charge on any atom is -0.458 e. The third-order valence-corrected chi connectivity index (χ3v) is 3.35. The monoisotopic (exact) mass is 277 g/mol. The summed E-state index contributed by atoms with van der Waals surface area (Å²) < 4.78 is 5.27. The van der Waals surface area contributed by atoms with Crippen LogP contribution >= 0.6 is 24.0 Å². The van der Waals surface area contributed by atoms with Gasteiger partial charge in [0.25, 0.3) is 0 Å². The highest BCUT2D eigenvalue weighted by molar-refractivity contribution is 8.32. The SMILES string of the molecule is CCOC(=O)SC(=S)NCCN1CCNCC1. The van der Waals surface area contributed by atoms with Crippen LogP contribution in [0.15, 0.2) is 0 Å². The van der Waals surface area contributed by atoms with E-state index in [4.69, 9.17) is 17.0 Å². The van der Waals surface area contributed by atoms with Crippen molar-refractivity contribution in [3.63, 3.8) is 0 Å². The average molecular weight is 277 g/mol. The van der Waals surface area contributed by atoms with E-state index in [0.29, 0.717) is 10.9 Å². The topological polar surface area (TPSA) is 53.6 Å². The van der Waals surface area contributed by atoms with Crippen molar-refractivity contribution in [3.8, 4) is 0 Å². The Hall–Kier alpha value is -0.370. The molecule has 0 bridgehead atoms. The van der Waals surface area contributed by atoms with Gasteiger partial charge in [-0.3, -0.25) is 4.90 Å². The molecular formula is C10H19N3O2S2. The van der Waals surface area contributed by atoms with Crippen LogP contribution in [0.4, 0.5) is 4.79 Å². The van der Waals surface area contributed by atoms with Gasteiger partial charge in [0.15, 0.2) is 0 Å². The van der Waals surface area contributed by atoms with Gasteiger partial charge < -0.3 is 15.4 Å². The van der Waals surface area contributed by atoms with E-state index in [1.807, 2.05) is 0 Å². The number of rotatable bonds is 4. The molecule has 0 aromatic heterocycles. The predicted octanol–water partition coefficient (Wildman–Crippen LogP) is 0.656. The number of ether oxygens (including phenoxy) is 1. The van der Waals surface area contributed by atoms with Crippen molar-refractivity contribution in [2.24, 2.45) is 0 Å². The van der Waals surface area contributed by atoms with Crippen LogP contribution < -0.4 is 10.6 Å². The summed E-state index contributed by atoms with van der Waals surface area (Å²) >= 11 is 5.97. The number of hydrogen-bond donors (Lipinski definition) is 2. The van der Waals surface area contributed by atoms with Crippen LogP contribution in [0.2, 0.25) is 0 Å². The maximum atomic E-state index is 11.1. The van der Waals surface area contributed by atoms with Gasteiger partial charge in [0, 0.05) is 51.0 Å². The molecule has 0 amide bonds. The van der Waals surface area contributed by atoms with Crippen LogP contribution in [0.25, 0.3) is 0 Å². The highest BCUT2D eigenvalue weighted by atomic mass is 32.2. The van der Waals surface area contributed by atoms with Crippen LogP contribution in [0.5, 0.6) is 0 Å². The van der Waals surface area contributed by atoms with E-state index in [9.17, 15) is 4.79 Å². The number of carbonyl (C=O) groups excluding carboxylic acids is 1. The molecule has 0 unspecified atom stereocenters. The molecule has 1 aliphatic rings. The standard InChI is InChI=1S/C10H19N3O2S2/c1-2-15-10(14)17-9(16)12-5-8-13-6-3-11-4-7-13/h11H,2-8H2,1H3,(H,12,16). The van der Waals surface area contributed by atoms with E-state index in [0.717, 1.165) is 51.0 Å². The summed E-state index contributed by atoms with van der Waals surface area (Å²) in [6.07, 6.45) is 0. The molecule has 0 aliphatic carbocycles. The quantitative estimate of drug-likeness (QED) is 0.578. The second-order valence-corrected chi connectivity index (χ2v) is 5.20. The Morgan fingerprint density at radius 2 is 2.24 bits per heavy atom. The minimum atomic E-state index is -0.341. The van der Waals surface area contributed by atoms with E-state index >= 15 is 0 Å². The predicted molar refractivity (Wildman–Crippen MR) is 74.5 cm³/mol. The number of piperazine rings is 1. The zero-order valence-electron chi connectivity index (χ0n) is 10.0.